The molecular formula is C23H20N+. The van der Waals surface area contributed by atoms with Crippen LogP contribution in [0, 0.1) is 13.8 Å². The Balaban J connectivity index is 1.86. The first-order valence-corrected chi connectivity index (χ1v) is 8.30. The highest BCUT2D eigenvalue weighted by Gasteiger charge is 2.16. The molecule has 4 aromatic rings. The van der Waals surface area contributed by atoms with Gasteiger partial charge in [0.2, 0.25) is 5.69 Å². The van der Waals surface area contributed by atoms with Crippen molar-refractivity contribution in [3.05, 3.63) is 96.3 Å². The molecular weight excluding hydrogens is 290 g/mol. The van der Waals surface area contributed by atoms with Gasteiger partial charge < -0.3 is 0 Å². The van der Waals surface area contributed by atoms with E-state index in [4.69, 9.17) is 0 Å². The van der Waals surface area contributed by atoms with Gasteiger partial charge in [-0.25, -0.2) is 0 Å². The number of pyridine rings is 1. The number of nitrogens with zero attached hydrogens (tertiary/aromatic N) is 1. The van der Waals surface area contributed by atoms with E-state index in [0.717, 1.165) is 0 Å². The third kappa shape index (κ3) is 2.59. The van der Waals surface area contributed by atoms with E-state index < -0.39 is 0 Å². The van der Waals surface area contributed by atoms with E-state index in [1.807, 2.05) is 0 Å². The number of aryl methyl sites for hydroxylation is 2. The molecule has 116 valence electrons. The fourth-order valence-corrected chi connectivity index (χ4v) is 3.42. The van der Waals surface area contributed by atoms with Gasteiger partial charge in [0.15, 0.2) is 11.4 Å². The predicted molar refractivity (Wildman–Crippen MR) is 100 cm³/mol. The van der Waals surface area contributed by atoms with Gasteiger partial charge in [0, 0.05) is 38.1 Å². The maximum absolute atomic E-state index is 2.32. The molecule has 0 fully saturated rings. The molecule has 1 nitrogen and oxygen atoms in total. The van der Waals surface area contributed by atoms with E-state index in [9.17, 15) is 0 Å². The first kappa shape index (κ1) is 14.6. The summed E-state index contributed by atoms with van der Waals surface area (Å²) in [5.41, 5.74) is 6.22. The molecule has 3 aromatic carbocycles. The maximum atomic E-state index is 2.32. The van der Waals surface area contributed by atoms with Crippen molar-refractivity contribution in [1.29, 1.82) is 0 Å². The van der Waals surface area contributed by atoms with Crippen LogP contribution < -0.4 is 4.57 Å². The number of hydrogen-bond acceptors (Lipinski definition) is 0. The molecule has 0 saturated heterocycles. The quantitative estimate of drug-likeness (QED) is 0.436. The number of hydrogen-bond donors (Lipinski definition) is 0. The van der Waals surface area contributed by atoms with Crippen molar-refractivity contribution in [1.82, 2.24) is 0 Å². The molecule has 1 heterocycles. The number of rotatable bonds is 2. The molecule has 0 bridgehead atoms. The Morgan fingerprint density at radius 2 is 1.17 bits per heavy atom. The third-order valence-electron chi connectivity index (χ3n) is 4.53. The predicted octanol–water partition coefficient (Wildman–Crippen LogP) is 5.40. The molecule has 1 heteroatoms. The molecule has 0 N–H and O–H groups in total. The zero-order valence-corrected chi connectivity index (χ0v) is 14.0. The standard InChI is InChI=1S/C23H20N/c1-17-14-22(19-8-4-3-5-9-19)15-18(2)24(17)23-13-12-20-10-6-7-11-21(20)16-23/h3-16H,1-2H3/q+1. The topological polar surface area (TPSA) is 3.88 Å². The molecule has 0 unspecified atom stereocenters. The van der Waals surface area contributed by atoms with Crippen LogP contribution in [0.5, 0.6) is 0 Å². The SMILES string of the molecule is Cc1cc(-c2ccccc2)cc(C)[n+]1-c1ccc2ccccc2c1. The van der Waals surface area contributed by atoms with Crippen LogP contribution >= 0.6 is 0 Å². The van der Waals surface area contributed by atoms with Crippen molar-refractivity contribution in [3.8, 4) is 16.8 Å². The van der Waals surface area contributed by atoms with E-state index in [-0.39, 0.29) is 0 Å². The van der Waals surface area contributed by atoms with Gasteiger partial charge in [0.1, 0.15) is 0 Å². The smallest absolute Gasteiger partial charge is 0.162 e. The van der Waals surface area contributed by atoms with Crippen molar-refractivity contribution in [2.24, 2.45) is 0 Å². The molecule has 0 aliphatic heterocycles. The fourth-order valence-electron chi connectivity index (χ4n) is 3.42. The van der Waals surface area contributed by atoms with Gasteiger partial charge in [0.25, 0.3) is 0 Å². The molecule has 0 aliphatic rings. The van der Waals surface area contributed by atoms with Gasteiger partial charge in [-0.1, -0.05) is 54.6 Å². The Bertz CT molecular complexity index is 993. The molecule has 0 aliphatic carbocycles. The lowest BCUT2D eigenvalue weighted by atomic mass is 10.0. The Morgan fingerprint density at radius 1 is 0.542 bits per heavy atom. The lowest BCUT2D eigenvalue weighted by molar-refractivity contribution is -0.609. The minimum Gasteiger partial charge on any atom is -0.162 e. The van der Waals surface area contributed by atoms with Crippen LogP contribution in [-0.2, 0) is 0 Å². The van der Waals surface area contributed by atoms with Crippen molar-refractivity contribution < 1.29 is 4.57 Å². The van der Waals surface area contributed by atoms with Gasteiger partial charge in [0.05, 0.1) is 0 Å². The highest BCUT2D eigenvalue weighted by Crippen LogP contribution is 2.22. The number of benzene rings is 3. The van der Waals surface area contributed by atoms with Gasteiger partial charge in [-0.3, -0.25) is 0 Å². The van der Waals surface area contributed by atoms with Gasteiger partial charge in [-0.2, -0.15) is 4.57 Å². The summed E-state index contributed by atoms with van der Waals surface area (Å²) >= 11 is 0. The van der Waals surface area contributed by atoms with Crippen molar-refractivity contribution >= 4 is 10.8 Å². The second-order valence-corrected chi connectivity index (χ2v) is 6.26. The summed E-state index contributed by atoms with van der Waals surface area (Å²) in [6.45, 7) is 4.35. The molecule has 1 aromatic heterocycles. The summed E-state index contributed by atoms with van der Waals surface area (Å²) in [5, 5.41) is 2.55. The van der Waals surface area contributed by atoms with Crippen LogP contribution in [0.25, 0.3) is 27.6 Å². The van der Waals surface area contributed by atoms with Crippen LogP contribution in [-0.4, -0.2) is 0 Å². The largest absolute Gasteiger partial charge is 0.211 e. The molecule has 0 radical (unpaired) electrons. The first-order chi connectivity index (χ1) is 11.7. The zero-order valence-electron chi connectivity index (χ0n) is 14.0. The molecule has 4 rings (SSSR count). The van der Waals surface area contributed by atoms with E-state index >= 15 is 0 Å². The van der Waals surface area contributed by atoms with Gasteiger partial charge in [-0.05, 0) is 28.0 Å². The molecule has 0 atom stereocenters. The Hall–Kier alpha value is -2.93. The van der Waals surface area contributed by atoms with E-state index in [1.165, 1.54) is 39.0 Å². The maximum Gasteiger partial charge on any atom is 0.211 e. The van der Waals surface area contributed by atoms with E-state index in [2.05, 4.69) is 103 Å². The molecule has 0 amide bonds. The number of aromatic nitrogens is 1. The van der Waals surface area contributed by atoms with E-state index in [1.54, 1.807) is 0 Å². The summed E-state index contributed by atoms with van der Waals surface area (Å²) in [7, 11) is 0. The van der Waals surface area contributed by atoms with Crippen LogP contribution in [0.15, 0.2) is 84.9 Å². The highest BCUT2D eigenvalue weighted by atomic mass is 15.0. The third-order valence-corrected chi connectivity index (χ3v) is 4.53. The normalized spacial score (nSPS) is 10.9. The summed E-state index contributed by atoms with van der Waals surface area (Å²) in [6.07, 6.45) is 0. The van der Waals surface area contributed by atoms with Gasteiger partial charge >= 0.3 is 0 Å². The van der Waals surface area contributed by atoms with Crippen LogP contribution in [0.3, 0.4) is 0 Å². The first-order valence-electron chi connectivity index (χ1n) is 8.30. The second-order valence-electron chi connectivity index (χ2n) is 6.26. The Labute approximate surface area is 142 Å². The summed E-state index contributed by atoms with van der Waals surface area (Å²) in [5.74, 6) is 0. The minimum atomic E-state index is 1.21. The van der Waals surface area contributed by atoms with Crippen LogP contribution in [0.4, 0.5) is 0 Å². The summed E-state index contributed by atoms with van der Waals surface area (Å²) in [4.78, 5) is 0. The van der Waals surface area contributed by atoms with Gasteiger partial charge in [-0.15, -0.1) is 0 Å². The van der Waals surface area contributed by atoms with Crippen molar-refractivity contribution in [2.75, 3.05) is 0 Å². The van der Waals surface area contributed by atoms with Crippen LogP contribution in [0.1, 0.15) is 11.4 Å². The summed E-state index contributed by atoms with van der Waals surface area (Å²) < 4.78 is 2.32. The lowest BCUT2D eigenvalue weighted by Crippen LogP contribution is -2.37. The second kappa shape index (κ2) is 5.93. The number of fused-ring (bicyclic) bond motifs is 1. The summed E-state index contributed by atoms with van der Waals surface area (Å²) in [6, 6.07) is 30.2. The average Bonchev–Trinajstić information content (AvgIpc) is 2.62. The molecule has 0 spiro atoms. The van der Waals surface area contributed by atoms with Crippen molar-refractivity contribution in [2.45, 2.75) is 13.8 Å². The lowest BCUT2D eigenvalue weighted by Gasteiger charge is -2.08. The fraction of sp³-hybridized carbons (Fsp3) is 0.0870. The molecule has 24 heavy (non-hydrogen) atoms. The monoisotopic (exact) mass is 310 g/mol. The van der Waals surface area contributed by atoms with E-state index in [0.29, 0.717) is 0 Å². The highest BCUT2D eigenvalue weighted by molar-refractivity contribution is 5.83. The zero-order chi connectivity index (χ0) is 16.5. The Kier molecular flexibility index (Phi) is 3.62. The Morgan fingerprint density at radius 3 is 1.88 bits per heavy atom. The van der Waals surface area contributed by atoms with Crippen LogP contribution in [0.2, 0.25) is 0 Å². The average molecular weight is 310 g/mol. The minimum absolute atomic E-state index is 1.21. The van der Waals surface area contributed by atoms with Crippen molar-refractivity contribution in [3.63, 3.8) is 0 Å². The molecule has 0 saturated carbocycles.